The van der Waals surface area contributed by atoms with Crippen LogP contribution in [-0.2, 0) is 17.7 Å². The first-order valence-electron chi connectivity index (χ1n) is 16.2. The van der Waals surface area contributed by atoms with Crippen LogP contribution in [0.25, 0.3) is 0 Å². The first-order chi connectivity index (χ1) is 24.1. The fraction of sp³-hybridized carbons (Fsp3) is 0.324. The number of halogens is 3. The van der Waals surface area contributed by atoms with Crippen LogP contribution in [0.2, 0.25) is 10.0 Å². The molecule has 3 saturated heterocycles. The highest BCUT2D eigenvalue weighted by molar-refractivity contribution is 6.35. The Balaban J connectivity index is 1.51. The molecule has 13 heteroatoms. The Morgan fingerprint density at radius 2 is 1.66 bits per heavy atom. The molecule has 1 amide bonds. The van der Waals surface area contributed by atoms with Crippen molar-refractivity contribution in [2.24, 2.45) is 5.92 Å². The Bertz CT molecular complexity index is 1870. The van der Waals surface area contributed by atoms with Crippen molar-refractivity contribution in [3.05, 3.63) is 117 Å². The second-order valence-electron chi connectivity index (χ2n) is 12.5. The minimum absolute atomic E-state index is 0.0138. The molecule has 2 atom stereocenters. The zero-order valence-electron chi connectivity index (χ0n) is 27.5. The molecule has 3 aliphatic rings. The molecule has 0 radical (unpaired) electrons. The lowest BCUT2D eigenvalue weighted by Gasteiger charge is -2.44. The lowest BCUT2D eigenvalue weighted by Crippen LogP contribution is -2.53. The van der Waals surface area contributed by atoms with Crippen molar-refractivity contribution in [3.63, 3.8) is 0 Å². The summed E-state index contributed by atoms with van der Waals surface area (Å²) in [6, 6.07) is 16.1. The molecular weight excluding hydrogens is 688 g/mol. The van der Waals surface area contributed by atoms with Gasteiger partial charge in [0, 0.05) is 34.0 Å². The number of fused-ring (bicyclic) bond motifs is 3. The number of amides is 1. The standard InChI is InChI=1S/C37H36Cl2FN3O7/c1-48-32-11-8-23(16-33(32)49-2)26(17-27-29(38)19-42(47)20-30(27)39)35-25(36(44)45)9-10-31(40)28(35)18-43(24-6-4-3-5-7-24)37(46)50-34-21-41-14-12-22(34)13-15-41/h3-11,16,19-20,22,26,34H,12-15,17-18,21H2,1-2H3,(H-,44,45,47)/p+1/t26-,34-/m0/s1. The highest BCUT2D eigenvalue weighted by Crippen LogP contribution is 2.41. The van der Waals surface area contributed by atoms with Gasteiger partial charge in [-0.05, 0) is 85.8 Å². The van der Waals surface area contributed by atoms with E-state index < -0.39 is 23.8 Å². The summed E-state index contributed by atoms with van der Waals surface area (Å²) in [4.78, 5) is 30.6. The number of para-hydroxylation sites is 1. The van der Waals surface area contributed by atoms with Gasteiger partial charge >= 0.3 is 12.1 Å². The van der Waals surface area contributed by atoms with Crippen LogP contribution in [0, 0.1) is 11.7 Å². The Morgan fingerprint density at radius 3 is 2.26 bits per heavy atom. The van der Waals surface area contributed by atoms with E-state index in [9.17, 15) is 19.9 Å². The molecular formula is C37H37Cl2FN3O7+. The van der Waals surface area contributed by atoms with Crippen LogP contribution < -0.4 is 19.1 Å². The van der Waals surface area contributed by atoms with E-state index in [1.54, 1.807) is 48.5 Å². The van der Waals surface area contributed by atoms with Gasteiger partial charge < -0.3 is 19.3 Å². The van der Waals surface area contributed by atoms with Crippen LogP contribution in [0.15, 0.2) is 73.1 Å². The van der Waals surface area contributed by atoms with Crippen molar-refractivity contribution >= 4 is 41.0 Å². The summed E-state index contributed by atoms with van der Waals surface area (Å²) in [5, 5.41) is 20.8. The van der Waals surface area contributed by atoms with Gasteiger partial charge in [-0.2, -0.15) is 0 Å². The second-order valence-corrected chi connectivity index (χ2v) is 13.3. The summed E-state index contributed by atoms with van der Waals surface area (Å²) in [7, 11) is 2.96. The summed E-state index contributed by atoms with van der Waals surface area (Å²) >= 11 is 13.2. The van der Waals surface area contributed by atoms with Gasteiger partial charge in [0.15, 0.2) is 11.5 Å². The normalized spacial score (nSPS) is 18.7. The molecule has 1 aromatic heterocycles. The summed E-state index contributed by atoms with van der Waals surface area (Å²) in [5.41, 5.74) is 1.26. The SMILES string of the molecule is COc1ccc([C@H](Cc2c(Cl)c[n+](O)cc2Cl)c2c(C(=O)O)ccc(F)c2CN(C(=O)O[C@H]2CN3CCC2CC3)c2ccccc2)cc1OC. The van der Waals surface area contributed by atoms with E-state index >= 15 is 4.39 Å². The summed E-state index contributed by atoms with van der Waals surface area (Å²) in [6.45, 7) is 2.20. The molecule has 0 unspecified atom stereocenters. The van der Waals surface area contributed by atoms with E-state index in [1.807, 2.05) is 0 Å². The predicted octanol–water partition coefficient (Wildman–Crippen LogP) is 6.98. The maximum Gasteiger partial charge on any atom is 0.414 e. The molecule has 262 valence electrons. The molecule has 10 nitrogen and oxygen atoms in total. The van der Waals surface area contributed by atoms with Crippen molar-refractivity contribution in [2.75, 3.05) is 38.8 Å². The number of pyridine rings is 1. The number of benzene rings is 3. The van der Waals surface area contributed by atoms with Crippen molar-refractivity contribution < 1.29 is 43.2 Å². The number of anilines is 1. The Kier molecular flexibility index (Phi) is 10.7. The first kappa shape index (κ1) is 35.3. The fourth-order valence-electron chi connectivity index (χ4n) is 7.04. The number of nitrogens with zero attached hydrogens (tertiary/aromatic N) is 3. The fourth-order valence-corrected chi connectivity index (χ4v) is 7.65. The molecule has 2 N–H and O–H groups in total. The number of hydrogen-bond acceptors (Lipinski definition) is 7. The molecule has 7 rings (SSSR count). The summed E-state index contributed by atoms with van der Waals surface area (Å²) in [6.07, 6.45) is 3.36. The van der Waals surface area contributed by atoms with E-state index in [0.29, 0.717) is 39.6 Å². The number of methoxy groups -OCH3 is 2. The third kappa shape index (κ3) is 7.31. The molecule has 3 fully saturated rings. The van der Waals surface area contributed by atoms with E-state index in [1.165, 1.54) is 37.6 Å². The molecule has 50 heavy (non-hydrogen) atoms. The number of carboxylic acid groups (broad SMARTS) is 1. The van der Waals surface area contributed by atoms with Gasteiger partial charge in [0.05, 0.1) is 26.3 Å². The Labute approximate surface area is 299 Å². The highest BCUT2D eigenvalue weighted by Gasteiger charge is 2.38. The quantitative estimate of drug-likeness (QED) is 0.126. The number of aromatic nitrogens is 1. The zero-order valence-corrected chi connectivity index (χ0v) is 29.0. The van der Waals surface area contributed by atoms with Crippen LogP contribution in [0.4, 0.5) is 14.9 Å². The molecule has 4 heterocycles. The monoisotopic (exact) mass is 724 g/mol. The molecule has 0 spiro atoms. The molecule has 3 aliphatic heterocycles. The van der Waals surface area contributed by atoms with E-state index in [-0.39, 0.29) is 51.7 Å². The predicted molar refractivity (Wildman–Crippen MR) is 184 cm³/mol. The van der Waals surface area contributed by atoms with E-state index in [2.05, 4.69) is 4.90 Å². The number of carboxylic acids is 1. The van der Waals surface area contributed by atoms with Gasteiger partial charge in [-0.25, -0.2) is 14.0 Å². The highest BCUT2D eigenvalue weighted by atomic mass is 35.5. The maximum atomic E-state index is 16.4. The minimum Gasteiger partial charge on any atom is -0.493 e. The van der Waals surface area contributed by atoms with Crippen LogP contribution in [0.3, 0.4) is 0 Å². The number of ether oxygens (including phenoxy) is 3. The lowest BCUT2D eigenvalue weighted by molar-refractivity contribution is -0.904. The number of carbonyl (C=O) groups is 2. The average Bonchev–Trinajstić information content (AvgIpc) is 3.11. The van der Waals surface area contributed by atoms with Gasteiger partial charge in [-0.3, -0.25) is 15.0 Å². The van der Waals surface area contributed by atoms with Gasteiger partial charge in [0.1, 0.15) is 22.0 Å². The topological polar surface area (TPSA) is 113 Å². The molecule has 4 aromatic rings. The number of piperidine rings is 3. The van der Waals surface area contributed by atoms with Crippen molar-refractivity contribution in [1.29, 1.82) is 0 Å². The summed E-state index contributed by atoms with van der Waals surface area (Å²) < 4.78 is 34.3. The molecule has 0 saturated carbocycles. The van der Waals surface area contributed by atoms with E-state index in [4.69, 9.17) is 37.4 Å². The zero-order chi connectivity index (χ0) is 35.5. The van der Waals surface area contributed by atoms with Gasteiger partial charge in [-0.1, -0.05) is 47.5 Å². The maximum absolute atomic E-state index is 16.4. The van der Waals surface area contributed by atoms with Crippen LogP contribution >= 0.6 is 23.2 Å². The molecule has 2 bridgehead atoms. The number of carbonyl (C=O) groups excluding carboxylic acids is 1. The smallest absolute Gasteiger partial charge is 0.414 e. The number of hydrogen-bond donors (Lipinski definition) is 2. The Morgan fingerprint density at radius 1 is 0.980 bits per heavy atom. The van der Waals surface area contributed by atoms with Crippen LogP contribution in [-0.4, -0.2) is 67.2 Å². The Hall–Kier alpha value is -4.58. The van der Waals surface area contributed by atoms with Crippen molar-refractivity contribution in [3.8, 4) is 11.5 Å². The number of rotatable bonds is 11. The lowest BCUT2D eigenvalue weighted by atomic mass is 9.80. The molecule has 3 aromatic carbocycles. The second kappa shape index (κ2) is 15.1. The third-order valence-corrected chi connectivity index (χ3v) is 10.3. The third-order valence-electron chi connectivity index (χ3n) is 9.62. The summed E-state index contributed by atoms with van der Waals surface area (Å²) in [5.74, 6) is -1.90. The van der Waals surface area contributed by atoms with Crippen molar-refractivity contribution in [1.82, 2.24) is 4.90 Å². The average molecular weight is 726 g/mol. The van der Waals surface area contributed by atoms with Crippen LogP contribution in [0.1, 0.15) is 51.4 Å². The van der Waals surface area contributed by atoms with Gasteiger partial charge in [0.2, 0.25) is 12.4 Å². The minimum atomic E-state index is -1.30. The number of aromatic carboxylic acids is 1. The molecule has 0 aliphatic carbocycles. The van der Waals surface area contributed by atoms with E-state index in [0.717, 1.165) is 32.0 Å². The largest absolute Gasteiger partial charge is 0.493 e. The van der Waals surface area contributed by atoms with Crippen molar-refractivity contribution in [2.45, 2.75) is 37.8 Å². The van der Waals surface area contributed by atoms with Crippen LogP contribution in [0.5, 0.6) is 11.5 Å². The first-order valence-corrected chi connectivity index (χ1v) is 16.9. The van der Waals surface area contributed by atoms with Gasteiger partial charge in [0.25, 0.3) is 0 Å². The van der Waals surface area contributed by atoms with Gasteiger partial charge in [-0.15, -0.1) is 0 Å².